The van der Waals surface area contributed by atoms with Crippen molar-refractivity contribution in [2.24, 2.45) is 11.7 Å². The zero-order valence-electron chi connectivity index (χ0n) is 11.0. The molecule has 3 N–H and O–H groups in total. The van der Waals surface area contributed by atoms with E-state index in [4.69, 9.17) is 10.5 Å². The zero-order valence-corrected chi connectivity index (χ0v) is 11.0. The molecule has 0 aliphatic heterocycles. The summed E-state index contributed by atoms with van der Waals surface area (Å²) in [6, 6.07) is 1.65. The highest BCUT2D eigenvalue weighted by atomic mass is 16.5. The smallest absolute Gasteiger partial charge is 0.255 e. The van der Waals surface area contributed by atoms with Gasteiger partial charge in [0.2, 0.25) is 0 Å². The van der Waals surface area contributed by atoms with Gasteiger partial charge in [-0.2, -0.15) is 0 Å². The summed E-state index contributed by atoms with van der Waals surface area (Å²) >= 11 is 0. The van der Waals surface area contributed by atoms with Crippen molar-refractivity contribution in [2.75, 3.05) is 20.2 Å². The quantitative estimate of drug-likeness (QED) is 0.763. The Labute approximate surface area is 108 Å². The van der Waals surface area contributed by atoms with Crippen LogP contribution in [0.25, 0.3) is 0 Å². The lowest BCUT2D eigenvalue weighted by atomic mass is 10.0. The van der Waals surface area contributed by atoms with E-state index < -0.39 is 0 Å². The van der Waals surface area contributed by atoms with Crippen LogP contribution in [0.15, 0.2) is 18.5 Å². The Kier molecular flexibility index (Phi) is 6.14. The first-order valence-electron chi connectivity index (χ1n) is 6.19. The predicted molar refractivity (Wildman–Crippen MR) is 70.6 cm³/mol. The van der Waals surface area contributed by atoms with Crippen molar-refractivity contribution in [3.63, 3.8) is 0 Å². The predicted octanol–water partition coefficient (Wildman–Crippen LogP) is 1.19. The van der Waals surface area contributed by atoms with Gasteiger partial charge < -0.3 is 15.8 Å². The van der Waals surface area contributed by atoms with Crippen LogP contribution in [-0.4, -0.2) is 31.1 Å². The van der Waals surface area contributed by atoms with Crippen molar-refractivity contribution in [3.8, 4) is 5.75 Å². The molecule has 1 unspecified atom stereocenters. The summed E-state index contributed by atoms with van der Waals surface area (Å²) in [7, 11) is 1.52. The first-order chi connectivity index (χ1) is 8.72. The number of carbonyl (C=O) groups excluding carboxylic acids is 1. The lowest BCUT2D eigenvalue weighted by Gasteiger charge is -2.15. The number of amides is 1. The normalized spacial score (nSPS) is 11.9. The van der Waals surface area contributed by atoms with Gasteiger partial charge in [-0.3, -0.25) is 9.78 Å². The zero-order chi connectivity index (χ0) is 13.4. The molecule has 1 heterocycles. The molecular weight excluding hydrogens is 230 g/mol. The van der Waals surface area contributed by atoms with Crippen LogP contribution in [0.4, 0.5) is 0 Å². The highest BCUT2D eigenvalue weighted by Crippen LogP contribution is 2.15. The maximum Gasteiger partial charge on any atom is 0.255 e. The molecule has 0 aliphatic rings. The second kappa shape index (κ2) is 7.66. The minimum atomic E-state index is -0.135. The summed E-state index contributed by atoms with van der Waals surface area (Å²) in [5.41, 5.74) is 6.04. The van der Waals surface area contributed by atoms with E-state index in [0.29, 0.717) is 30.3 Å². The molecule has 5 heteroatoms. The monoisotopic (exact) mass is 251 g/mol. The van der Waals surface area contributed by atoms with Crippen molar-refractivity contribution < 1.29 is 9.53 Å². The number of nitrogens with one attached hydrogen (secondary N) is 1. The second-order valence-electron chi connectivity index (χ2n) is 4.14. The average Bonchev–Trinajstić information content (AvgIpc) is 2.42. The van der Waals surface area contributed by atoms with Gasteiger partial charge in [0.05, 0.1) is 18.9 Å². The number of methoxy groups -OCH3 is 1. The average molecular weight is 251 g/mol. The number of hydrogen-bond acceptors (Lipinski definition) is 4. The van der Waals surface area contributed by atoms with Gasteiger partial charge >= 0.3 is 0 Å². The van der Waals surface area contributed by atoms with Crippen molar-refractivity contribution in [3.05, 3.63) is 24.0 Å². The SMILES string of the molecule is CCC(CCN)CNC(=O)c1ccncc1OC. The van der Waals surface area contributed by atoms with Gasteiger partial charge in [-0.1, -0.05) is 13.3 Å². The molecule has 0 bridgehead atoms. The van der Waals surface area contributed by atoms with Crippen LogP contribution >= 0.6 is 0 Å². The van der Waals surface area contributed by atoms with Crippen molar-refractivity contribution in [1.82, 2.24) is 10.3 Å². The van der Waals surface area contributed by atoms with Gasteiger partial charge in [0.15, 0.2) is 0 Å². The number of nitrogens with two attached hydrogens (primary N) is 1. The molecule has 5 nitrogen and oxygen atoms in total. The summed E-state index contributed by atoms with van der Waals surface area (Å²) < 4.78 is 5.10. The number of carbonyl (C=O) groups is 1. The van der Waals surface area contributed by atoms with Crippen LogP contribution in [0.2, 0.25) is 0 Å². The fourth-order valence-electron chi connectivity index (χ4n) is 1.75. The van der Waals surface area contributed by atoms with E-state index >= 15 is 0 Å². The number of hydrogen-bond donors (Lipinski definition) is 2. The van der Waals surface area contributed by atoms with Crippen molar-refractivity contribution in [1.29, 1.82) is 0 Å². The third kappa shape index (κ3) is 4.00. The van der Waals surface area contributed by atoms with Crippen LogP contribution in [0.5, 0.6) is 5.75 Å². The standard InChI is InChI=1S/C13H21N3O2/c1-3-10(4-6-14)8-16-13(17)11-5-7-15-9-12(11)18-2/h5,7,9-10H,3-4,6,8,14H2,1-2H3,(H,16,17). The number of nitrogens with zero attached hydrogens (tertiary/aromatic N) is 1. The number of aromatic nitrogens is 1. The van der Waals surface area contributed by atoms with E-state index in [9.17, 15) is 4.79 Å². The van der Waals surface area contributed by atoms with Gasteiger partial charge in [-0.05, 0) is 24.9 Å². The molecule has 1 atom stereocenters. The fourth-order valence-corrected chi connectivity index (χ4v) is 1.75. The minimum Gasteiger partial charge on any atom is -0.494 e. The lowest BCUT2D eigenvalue weighted by Crippen LogP contribution is -2.30. The highest BCUT2D eigenvalue weighted by molar-refractivity contribution is 5.96. The van der Waals surface area contributed by atoms with Gasteiger partial charge in [0.25, 0.3) is 5.91 Å². The van der Waals surface area contributed by atoms with Crippen molar-refractivity contribution in [2.45, 2.75) is 19.8 Å². The molecule has 1 rings (SSSR count). The first-order valence-corrected chi connectivity index (χ1v) is 6.19. The summed E-state index contributed by atoms with van der Waals surface area (Å²) in [5, 5.41) is 2.91. The molecule has 0 spiro atoms. The molecular formula is C13H21N3O2. The van der Waals surface area contributed by atoms with Crippen LogP contribution in [0.1, 0.15) is 30.1 Å². The molecule has 1 aromatic rings. The summed E-state index contributed by atoms with van der Waals surface area (Å²) in [6.07, 6.45) is 5.04. The third-order valence-corrected chi connectivity index (χ3v) is 2.95. The van der Waals surface area contributed by atoms with Gasteiger partial charge in [-0.25, -0.2) is 0 Å². The summed E-state index contributed by atoms with van der Waals surface area (Å²) in [4.78, 5) is 15.9. The summed E-state index contributed by atoms with van der Waals surface area (Å²) in [6.45, 7) is 3.38. The molecule has 0 aromatic carbocycles. The first kappa shape index (κ1) is 14.4. The molecule has 0 saturated carbocycles. The molecule has 18 heavy (non-hydrogen) atoms. The van der Waals surface area contributed by atoms with Gasteiger partial charge in [-0.15, -0.1) is 0 Å². The number of ether oxygens (including phenoxy) is 1. The molecule has 1 amide bonds. The molecule has 0 aliphatic carbocycles. The Morgan fingerprint density at radius 2 is 2.39 bits per heavy atom. The van der Waals surface area contributed by atoms with Crippen LogP contribution < -0.4 is 15.8 Å². The Bertz CT molecular complexity index is 382. The highest BCUT2D eigenvalue weighted by Gasteiger charge is 2.13. The topological polar surface area (TPSA) is 77.2 Å². The Balaban J connectivity index is 2.59. The largest absolute Gasteiger partial charge is 0.494 e. The number of rotatable bonds is 7. The Morgan fingerprint density at radius 1 is 1.61 bits per heavy atom. The van der Waals surface area contributed by atoms with E-state index in [1.807, 2.05) is 0 Å². The van der Waals surface area contributed by atoms with E-state index in [-0.39, 0.29) is 5.91 Å². The summed E-state index contributed by atoms with van der Waals surface area (Å²) in [5.74, 6) is 0.776. The van der Waals surface area contributed by atoms with E-state index in [1.54, 1.807) is 12.3 Å². The van der Waals surface area contributed by atoms with E-state index in [0.717, 1.165) is 12.8 Å². The van der Waals surface area contributed by atoms with Crippen LogP contribution in [0.3, 0.4) is 0 Å². The number of pyridine rings is 1. The van der Waals surface area contributed by atoms with Crippen LogP contribution in [-0.2, 0) is 0 Å². The molecule has 0 saturated heterocycles. The van der Waals surface area contributed by atoms with Gasteiger partial charge in [0.1, 0.15) is 5.75 Å². The fraction of sp³-hybridized carbons (Fsp3) is 0.538. The molecule has 0 radical (unpaired) electrons. The van der Waals surface area contributed by atoms with E-state index in [1.165, 1.54) is 13.3 Å². The van der Waals surface area contributed by atoms with Crippen molar-refractivity contribution >= 4 is 5.91 Å². The maximum absolute atomic E-state index is 12.0. The van der Waals surface area contributed by atoms with Crippen LogP contribution in [0, 0.1) is 5.92 Å². The minimum absolute atomic E-state index is 0.135. The maximum atomic E-state index is 12.0. The molecule has 0 fully saturated rings. The second-order valence-corrected chi connectivity index (χ2v) is 4.14. The molecule has 1 aromatic heterocycles. The lowest BCUT2D eigenvalue weighted by molar-refractivity contribution is 0.0943. The molecule has 100 valence electrons. The Hall–Kier alpha value is -1.62. The third-order valence-electron chi connectivity index (χ3n) is 2.95. The van der Waals surface area contributed by atoms with E-state index in [2.05, 4.69) is 17.2 Å². The Morgan fingerprint density at radius 3 is 3.00 bits per heavy atom. The van der Waals surface area contributed by atoms with Gasteiger partial charge in [0, 0.05) is 12.7 Å².